The van der Waals surface area contributed by atoms with Gasteiger partial charge in [0, 0.05) is 26.7 Å². The molecular weight excluding hydrogens is 258 g/mol. The normalized spacial score (nSPS) is 18.1. The highest BCUT2D eigenvalue weighted by Gasteiger charge is 2.18. The van der Waals surface area contributed by atoms with Gasteiger partial charge in [-0.05, 0) is 26.7 Å². The number of hydrogen-bond acceptors (Lipinski definition) is 7. The molecule has 0 radical (unpaired) electrons. The third kappa shape index (κ3) is 3.69. The second-order valence-electron chi connectivity index (χ2n) is 4.61. The molecule has 2 heterocycles. The van der Waals surface area contributed by atoms with Crippen molar-refractivity contribution in [3.8, 4) is 6.01 Å². The van der Waals surface area contributed by atoms with E-state index in [-0.39, 0.29) is 6.10 Å². The summed E-state index contributed by atoms with van der Waals surface area (Å²) in [7, 11) is 1.78. The van der Waals surface area contributed by atoms with Gasteiger partial charge in [-0.15, -0.1) is 0 Å². The first-order valence-corrected chi connectivity index (χ1v) is 7.20. The molecule has 1 aliphatic rings. The molecule has 0 spiro atoms. The molecule has 1 atom stereocenters. The van der Waals surface area contributed by atoms with E-state index >= 15 is 0 Å². The standard InChI is InChI=1S/C13H23N5O2/c1-4-18(5-2)12-15-11(14-3)16-13(17-12)20-9-10-7-6-8-19-10/h10H,4-9H2,1-3H3,(H,14,15,16,17). The zero-order chi connectivity index (χ0) is 14.4. The summed E-state index contributed by atoms with van der Waals surface area (Å²) in [6.07, 6.45) is 2.28. The molecule has 1 N–H and O–H groups in total. The SMILES string of the molecule is CCN(CC)c1nc(NC)nc(OCC2CCCO2)n1. The maximum absolute atomic E-state index is 5.66. The highest BCUT2D eigenvalue weighted by molar-refractivity contribution is 5.37. The van der Waals surface area contributed by atoms with Crippen molar-refractivity contribution in [2.75, 3.05) is 43.6 Å². The topological polar surface area (TPSA) is 72.4 Å². The smallest absolute Gasteiger partial charge is 0.323 e. The van der Waals surface area contributed by atoms with Gasteiger partial charge in [0.05, 0.1) is 6.10 Å². The number of hydrogen-bond donors (Lipinski definition) is 1. The highest BCUT2D eigenvalue weighted by Crippen LogP contribution is 2.17. The average molecular weight is 281 g/mol. The predicted molar refractivity (Wildman–Crippen MR) is 77.4 cm³/mol. The van der Waals surface area contributed by atoms with E-state index < -0.39 is 0 Å². The molecule has 1 aliphatic heterocycles. The lowest BCUT2D eigenvalue weighted by Gasteiger charge is -2.19. The van der Waals surface area contributed by atoms with Crippen molar-refractivity contribution in [1.82, 2.24) is 15.0 Å². The quantitative estimate of drug-likeness (QED) is 0.808. The molecule has 2 rings (SSSR count). The van der Waals surface area contributed by atoms with Crippen molar-refractivity contribution in [2.24, 2.45) is 0 Å². The van der Waals surface area contributed by atoms with Crippen molar-refractivity contribution in [3.63, 3.8) is 0 Å². The molecule has 7 nitrogen and oxygen atoms in total. The Balaban J connectivity index is 2.08. The van der Waals surface area contributed by atoms with Gasteiger partial charge >= 0.3 is 6.01 Å². The third-order valence-corrected chi connectivity index (χ3v) is 3.30. The van der Waals surface area contributed by atoms with Crippen LogP contribution in [0.5, 0.6) is 6.01 Å². The van der Waals surface area contributed by atoms with Crippen LogP contribution in [0, 0.1) is 0 Å². The van der Waals surface area contributed by atoms with E-state index in [9.17, 15) is 0 Å². The largest absolute Gasteiger partial charge is 0.461 e. The van der Waals surface area contributed by atoms with Gasteiger partial charge in [-0.3, -0.25) is 0 Å². The van der Waals surface area contributed by atoms with Crippen LogP contribution in [0.4, 0.5) is 11.9 Å². The molecule has 20 heavy (non-hydrogen) atoms. The van der Waals surface area contributed by atoms with E-state index in [0.717, 1.165) is 32.5 Å². The van der Waals surface area contributed by atoms with E-state index in [1.54, 1.807) is 7.05 Å². The molecule has 112 valence electrons. The monoisotopic (exact) mass is 281 g/mol. The van der Waals surface area contributed by atoms with E-state index in [1.165, 1.54) is 0 Å². The Kier molecular flexibility index (Phi) is 5.34. The maximum Gasteiger partial charge on any atom is 0.323 e. The van der Waals surface area contributed by atoms with Crippen LogP contribution >= 0.6 is 0 Å². The number of aromatic nitrogens is 3. The number of anilines is 2. The summed E-state index contributed by atoms with van der Waals surface area (Å²) in [4.78, 5) is 15.0. The van der Waals surface area contributed by atoms with Crippen LogP contribution in [0.3, 0.4) is 0 Å². The summed E-state index contributed by atoms with van der Waals surface area (Å²) in [6.45, 7) is 7.13. The maximum atomic E-state index is 5.66. The molecular formula is C13H23N5O2. The number of ether oxygens (including phenoxy) is 2. The lowest BCUT2D eigenvalue weighted by Crippen LogP contribution is -2.25. The fraction of sp³-hybridized carbons (Fsp3) is 0.769. The van der Waals surface area contributed by atoms with E-state index in [2.05, 4.69) is 39.0 Å². The van der Waals surface area contributed by atoms with Gasteiger partial charge in [0.1, 0.15) is 6.61 Å². The minimum atomic E-state index is 0.154. The molecule has 0 bridgehead atoms. The molecule has 1 unspecified atom stereocenters. The fourth-order valence-corrected chi connectivity index (χ4v) is 2.11. The number of nitrogens with zero attached hydrogens (tertiary/aromatic N) is 4. The summed E-state index contributed by atoms with van der Waals surface area (Å²) in [6, 6.07) is 0.349. The molecule has 1 aromatic rings. The van der Waals surface area contributed by atoms with E-state index in [0.29, 0.717) is 24.5 Å². The Labute approximate surface area is 119 Å². The first-order chi connectivity index (χ1) is 9.76. The van der Waals surface area contributed by atoms with Gasteiger partial charge in [-0.25, -0.2) is 0 Å². The van der Waals surface area contributed by atoms with Crippen molar-refractivity contribution >= 4 is 11.9 Å². The minimum absolute atomic E-state index is 0.154. The van der Waals surface area contributed by atoms with Crippen LogP contribution in [0.1, 0.15) is 26.7 Å². The van der Waals surface area contributed by atoms with Gasteiger partial charge < -0.3 is 19.7 Å². The van der Waals surface area contributed by atoms with Gasteiger partial charge in [0.25, 0.3) is 0 Å². The molecule has 1 fully saturated rings. The minimum Gasteiger partial charge on any atom is -0.461 e. The molecule has 1 saturated heterocycles. The Morgan fingerprint density at radius 3 is 2.70 bits per heavy atom. The van der Waals surface area contributed by atoms with Crippen LogP contribution in [0.15, 0.2) is 0 Å². The Bertz CT molecular complexity index is 419. The Morgan fingerprint density at radius 2 is 2.10 bits per heavy atom. The summed E-state index contributed by atoms with van der Waals surface area (Å²) < 4.78 is 11.2. The van der Waals surface area contributed by atoms with Crippen LogP contribution < -0.4 is 15.0 Å². The number of rotatable bonds is 7. The van der Waals surface area contributed by atoms with Gasteiger partial charge in [0.2, 0.25) is 11.9 Å². The second-order valence-corrected chi connectivity index (χ2v) is 4.61. The predicted octanol–water partition coefficient (Wildman–Crippen LogP) is 1.32. The van der Waals surface area contributed by atoms with E-state index in [1.807, 2.05) is 0 Å². The van der Waals surface area contributed by atoms with Gasteiger partial charge in [-0.1, -0.05) is 0 Å². The molecule has 0 aliphatic carbocycles. The molecule has 7 heteroatoms. The molecule has 1 aromatic heterocycles. The summed E-state index contributed by atoms with van der Waals surface area (Å²) in [5.41, 5.74) is 0. The van der Waals surface area contributed by atoms with Crippen molar-refractivity contribution in [2.45, 2.75) is 32.8 Å². The summed E-state index contributed by atoms with van der Waals surface area (Å²) in [5, 5.41) is 2.94. The van der Waals surface area contributed by atoms with Crippen LogP contribution in [0.25, 0.3) is 0 Å². The van der Waals surface area contributed by atoms with Crippen LogP contribution in [-0.4, -0.2) is 54.4 Å². The van der Waals surface area contributed by atoms with Gasteiger partial charge in [-0.2, -0.15) is 15.0 Å². The second kappa shape index (κ2) is 7.23. The first kappa shape index (κ1) is 14.8. The first-order valence-electron chi connectivity index (χ1n) is 7.20. The van der Waals surface area contributed by atoms with Gasteiger partial charge in [0.15, 0.2) is 0 Å². The van der Waals surface area contributed by atoms with Crippen LogP contribution in [-0.2, 0) is 4.74 Å². The summed E-state index contributed by atoms with van der Waals surface area (Å²) >= 11 is 0. The van der Waals surface area contributed by atoms with Crippen molar-refractivity contribution in [1.29, 1.82) is 0 Å². The Morgan fingerprint density at radius 1 is 1.30 bits per heavy atom. The lowest BCUT2D eigenvalue weighted by molar-refractivity contribution is 0.0645. The lowest BCUT2D eigenvalue weighted by atomic mass is 10.2. The zero-order valence-electron chi connectivity index (χ0n) is 12.4. The highest BCUT2D eigenvalue weighted by atomic mass is 16.5. The average Bonchev–Trinajstić information content (AvgIpc) is 2.99. The third-order valence-electron chi connectivity index (χ3n) is 3.30. The van der Waals surface area contributed by atoms with Crippen molar-refractivity contribution < 1.29 is 9.47 Å². The molecule has 0 amide bonds. The number of nitrogens with one attached hydrogen (secondary N) is 1. The zero-order valence-corrected chi connectivity index (χ0v) is 12.4. The fourth-order valence-electron chi connectivity index (χ4n) is 2.11. The summed E-state index contributed by atoms with van der Waals surface area (Å²) in [5.74, 6) is 1.15. The molecule has 0 saturated carbocycles. The van der Waals surface area contributed by atoms with Crippen molar-refractivity contribution in [3.05, 3.63) is 0 Å². The molecule has 0 aromatic carbocycles. The van der Waals surface area contributed by atoms with E-state index in [4.69, 9.17) is 9.47 Å². The Hall–Kier alpha value is -1.63. The van der Waals surface area contributed by atoms with Crippen LogP contribution in [0.2, 0.25) is 0 Å².